The standard InChI is InChI=1S/C15H12Br3ClO/c1-2-20-14-6-3-9(7-13(14)17)15(18)11-5-4-10(19)8-12(11)16/h3-8,15H,2H2,1H3. The predicted molar refractivity (Wildman–Crippen MR) is 95.2 cm³/mol. The highest BCUT2D eigenvalue weighted by molar-refractivity contribution is 9.11. The second-order valence-electron chi connectivity index (χ2n) is 4.15. The minimum Gasteiger partial charge on any atom is -0.493 e. The first kappa shape index (κ1) is 16.3. The van der Waals surface area contributed by atoms with Crippen molar-refractivity contribution in [3.8, 4) is 5.75 Å². The first-order chi connectivity index (χ1) is 9.52. The van der Waals surface area contributed by atoms with Crippen LogP contribution in [0.15, 0.2) is 45.3 Å². The molecule has 0 spiro atoms. The Balaban J connectivity index is 2.33. The Kier molecular flexibility index (Phi) is 5.96. The normalized spacial score (nSPS) is 12.2. The lowest BCUT2D eigenvalue weighted by atomic mass is 10.0. The smallest absolute Gasteiger partial charge is 0.133 e. The summed E-state index contributed by atoms with van der Waals surface area (Å²) < 4.78 is 7.46. The van der Waals surface area contributed by atoms with Crippen LogP contribution in [0, 0.1) is 0 Å². The molecular formula is C15H12Br3ClO. The van der Waals surface area contributed by atoms with E-state index in [1.54, 1.807) is 0 Å². The fourth-order valence-corrected chi connectivity index (χ4v) is 4.25. The first-order valence-electron chi connectivity index (χ1n) is 6.04. The van der Waals surface area contributed by atoms with Gasteiger partial charge in [-0.15, -0.1) is 0 Å². The molecule has 0 radical (unpaired) electrons. The van der Waals surface area contributed by atoms with Gasteiger partial charge in [0.1, 0.15) is 5.75 Å². The van der Waals surface area contributed by atoms with Crippen molar-refractivity contribution in [2.75, 3.05) is 6.61 Å². The fourth-order valence-electron chi connectivity index (χ4n) is 1.83. The highest BCUT2D eigenvalue weighted by Gasteiger charge is 2.15. The van der Waals surface area contributed by atoms with Gasteiger partial charge in [-0.25, -0.2) is 0 Å². The van der Waals surface area contributed by atoms with Crippen LogP contribution >= 0.6 is 59.4 Å². The van der Waals surface area contributed by atoms with E-state index < -0.39 is 0 Å². The first-order valence-corrected chi connectivity index (χ1v) is 8.92. The maximum Gasteiger partial charge on any atom is 0.133 e. The van der Waals surface area contributed by atoms with Crippen LogP contribution in [0.2, 0.25) is 5.02 Å². The summed E-state index contributed by atoms with van der Waals surface area (Å²) in [7, 11) is 0. The van der Waals surface area contributed by atoms with Crippen LogP contribution in [0.5, 0.6) is 5.75 Å². The average Bonchev–Trinajstić information content (AvgIpc) is 2.40. The Bertz CT molecular complexity index is 616. The molecule has 0 saturated heterocycles. The molecule has 106 valence electrons. The quantitative estimate of drug-likeness (QED) is 0.438. The van der Waals surface area contributed by atoms with E-state index >= 15 is 0 Å². The van der Waals surface area contributed by atoms with Gasteiger partial charge in [-0.2, -0.15) is 0 Å². The number of benzene rings is 2. The highest BCUT2D eigenvalue weighted by atomic mass is 79.9. The Hall–Kier alpha value is -0.0300. The summed E-state index contributed by atoms with van der Waals surface area (Å²) >= 11 is 16.8. The molecule has 0 heterocycles. The van der Waals surface area contributed by atoms with Crippen molar-refractivity contribution >= 4 is 59.4 Å². The van der Waals surface area contributed by atoms with Crippen molar-refractivity contribution in [3.63, 3.8) is 0 Å². The lowest BCUT2D eigenvalue weighted by Gasteiger charge is -2.15. The molecule has 0 N–H and O–H groups in total. The second-order valence-corrected chi connectivity index (χ2v) is 7.21. The van der Waals surface area contributed by atoms with Crippen LogP contribution in [-0.2, 0) is 0 Å². The monoisotopic (exact) mass is 480 g/mol. The summed E-state index contributed by atoms with van der Waals surface area (Å²) in [6.45, 7) is 2.62. The predicted octanol–water partition coefficient (Wildman–Crippen LogP) is 6.75. The molecule has 0 bridgehead atoms. The molecule has 1 unspecified atom stereocenters. The molecule has 2 rings (SSSR count). The number of hydrogen-bond acceptors (Lipinski definition) is 1. The summed E-state index contributed by atoms with van der Waals surface area (Å²) in [6, 6.07) is 11.9. The Morgan fingerprint density at radius 2 is 1.85 bits per heavy atom. The zero-order valence-corrected chi connectivity index (χ0v) is 16.2. The van der Waals surface area contributed by atoms with Crippen molar-refractivity contribution < 1.29 is 4.74 Å². The Morgan fingerprint density at radius 1 is 1.10 bits per heavy atom. The van der Waals surface area contributed by atoms with E-state index in [1.165, 1.54) is 0 Å². The third-order valence-corrected chi connectivity index (χ3v) is 5.35. The van der Waals surface area contributed by atoms with Gasteiger partial charge in [0, 0.05) is 9.50 Å². The van der Waals surface area contributed by atoms with Crippen molar-refractivity contribution in [3.05, 3.63) is 61.5 Å². The molecule has 0 amide bonds. The summed E-state index contributed by atoms with van der Waals surface area (Å²) in [4.78, 5) is 0.0844. The Morgan fingerprint density at radius 3 is 2.45 bits per heavy atom. The zero-order chi connectivity index (χ0) is 14.7. The van der Waals surface area contributed by atoms with Crippen LogP contribution in [0.4, 0.5) is 0 Å². The molecule has 1 atom stereocenters. The second kappa shape index (κ2) is 7.30. The summed E-state index contributed by atoms with van der Waals surface area (Å²) in [5.41, 5.74) is 2.27. The van der Waals surface area contributed by atoms with E-state index in [4.69, 9.17) is 16.3 Å². The van der Waals surface area contributed by atoms with E-state index in [0.29, 0.717) is 11.6 Å². The molecule has 0 saturated carbocycles. The van der Waals surface area contributed by atoms with Gasteiger partial charge in [-0.3, -0.25) is 0 Å². The van der Waals surface area contributed by atoms with Gasteiger partial charge in [-0.05, 0) is 58.2 Å². The zero-order valence-electron chi connectivity index (χ0n) is 10.7. The third kappa shape index (κ3) is 3.79. The van der Waals surface area contributed by atoms with Crippen molar-refractivity contribution in [2.24, 2.45) is 0 Å². The van der Waals surface area contributed by atoms with Gasteiger partial charge >= 0.3 is 0 Å². The lowest BCUT2D eigenvalue weighted by Crippen LogP contribution is -1.97. The highest BCUT2D eigenvalue weighted by Crippen LogP contribution is 2.39. The maximum absolute atomic E-state index is 5.98. The van der Waals surface area contributed by atoms with Gasteiger partial charge in [-0.1, -0.05) is 55.6 Å². The summed E-state index contributed by atoms with van der Waals surface area (Å²) in [6.07, 6.45) is 0. The molecule has 5 heteroatoms. The molecule has 0 aliphatic rings. The molecular weight excluding hydrogens is 471 g/mol. The molecule has 0 aliphatic heterocycles. The third-order valence-electron chi connectivity index (χ3n) is 2.78. The molecule has 20 heavy (non-hydrogen) atoms. The fraction of sp³-hybridized carbons (Fsp3) is 0.200. The van der Waals surface area contributed by atoms with Gasteiger partial charge < -0.3 is 4.74 Å². The molecule has 2 aromatic carbocycles. The van der Waals surface area contributed by atoms with E-state index in [2.05, 4.69) is 59.9 Å². The number of rotatable bonds is 4. The van der Waals surface area contributed by atoms with Crippen molar-refractivity contribution in [2.45, 2.75) is 11.8 Å². The topological polar surface area (TPSA) is 9.23 Å². The van der Waals surface area contributed by atoms with Crippen LogP contribution in [0.25, 0.3) is 0 Å². The van der Waals surface area contributed by atoms with Crippen LogP contribution in [0.1, 0.15) is 22.9 Å². The van der Waals surface area contributed by atoms with Gasteiger partial charge in [0.2, 0.25) is 0 Å². The molecule has 0 aromatic heterocycles. The van der Waals surface area contributed by atoms with Crippen LogP contribution in [0.3, 0.4) is 0 Å². The van der Waals surface area contributed by atoms with Gasteiger partial charge in [0.25, 0.3) is 0 Å². The van der Waals surface area contributed by atoms with Gasteiger partial charge in [0.15, 0.2) is 0 Å². The van der Waals surface area contributed by atoms with Gasteiger partial charge in [0.05, 0.1) is 15.9 Å². The largest absolute Gasteiger partial charge is 0.493 e. The SMILES string of the molecule is CCOc1ccc(C(Br)c2ccc(Cl)cc2Br)cc1Br. The molecule has 2 aromatic rings. The van der Waals surface area contributed by atoms with Crippen LogP contribution in [-0.4, -0.2) is 6.61 Å². The Labute approximate surface area is 149 Å². The lowest BCUT2D eigenvalue weighted by molar-refractivity contribution is 0.338. The summed E-state index contributed by atoms with van der Waals surface area (Å²) in [5.74, 6) is 0.853. The minimum absolute atomic E-state index is 0.0844. The molecule has 0 fully saturated rings. The van der Waals surface area contributed by atoms with Crippen LogP contribution < -0.4 is 4.74 Å². The van der Waals surface area contributed by atoms with E-state index in [1.807, 2.05) is 31.2 Å². The number of halogens is 4. The van der Waals surface area contributed by atoms with E-state index in [0.717, 1.165) is 25.8 Å². The van der Waals surface area contributed by atoms with Crippen molar-refractivity contribution in [1.29, 1.82) is 0 Å². The number of hydrogen-bond donors (Lipinski definition) is 0. The molecule has 1 nitrogen and oxygen atoms in total. The van der Waals surface area contributed by atoms with E-state index in [-0.39, 0.29) is 4.83 Å². The number of alkyl halides is 1. The maximum atomic E-state index is 5.98. The van der Waals surface area contributed by atoms with E-state index in [9.17, 15) is 0 Å². The minimum atomic E-state index is 0.0844. The van der Waals surface area contributed by atoms with Crippen molar-refractivity contribution in [1.82, 2.24) is 0 Å². The average molecular weight is 483 g/mol. The summed E-state index contributed by atoms with van der Waals surface area (Å²) in [5, 5.41) is 0.716. The molecule has 0 aliphatic carbocycles. The number of ether oxygens (including phenoxy) is 1.